The molecule has 0 bridgehead atoms. The van der Waals surface area contributed by atoms with Crippen molar-refractivity contribution < 1.29 is 44.9 Å². The highest BCUT2D eigenvalue weighted by molar-refractivity contribution is 5.80. The predicted octanol–water partition coefficient (Wildman–Crippen LogP) is 14.8. The standard InChI is InChI=1S/C64H117NO9/c1-3-5-7-9-11-13-15-17-19-20-21-22-23-24-25-26-27-28-29-30-31-32-33-34-35-36-37-39-41-43-45-47-49-51-53-58(68)63(72)65-56(55-73-64-62(71)61(70)60(69)59(54-66)74-64)57(67)52-50-48-46-44-42-40-38-18-16-14-12-10-8-6-4-2/h16,18,23-24,26-27,42,44,50,52,56-62,64,66-71H,3-15,17,19-22,25,28-41,43,45-49,51,53-55H2,1-2H3,(H,65,72)/b18-16+,24-23-,27-26-,44-42+,52-50+. The van der Waals surface area contributed by atoms with E-state index in [2.05, 4.69) is 67.8 Å². The molecule has 10 heteroatoms. The SMILES string of the molecule is CCCCCCC/C=C/CC/C=C/CC/C=C/C(O)C(COC1OC(CO)C(O)C(O)C1O)NC(=O)C(O)CCCCCCCCCCCCCCCCCC/C=C\C/C=C\CCCCCCCCCCCCC. The fourth-order valence-corrected chi connectivity index (χ4v) is 9.64. The molecular formula is C64H117NO9. The van der Waals surface area contributed by atoms with Crippen molar-refractivity contribution in [3.05, 3.63) is 60.8 Å². The minimum absolute atomic E-state index is 0.300. The van der Waals surface area contributed by atoms with Crippen LogP contribution in [0.5, 0.6) is 0 Å². The molecule has 0 aliphatic carbocycles. The van der Waals surface area contributed by atoms with Gasteiger partial charge in [-0.15, -0.1) is 0 Å². The highest BCUT2D eigenvalue weighted by Gasteiger charge is 2.44. The molecule has 0 aromatic heterocycles. The van der Waals surface area contributed by atoms with Gasteiger partial charge in [-0.25, -0.2) is 0 Å². The van der Waals surface area contributed by atoms with E-state index in [1.165, 1.54) is 193 Å². The number of allylic oxidation sites excluding steroid dienone is 9. The molecular weight excluding hydrogens is 927 g/mol. The second-order valence-corrected chi connectivity index (χ2v) is 21.6. The van der Waals surface area contributed by atoms with Crippen LogP contribution in [0.1, 0.15) is 277 Å². The van der Waals surface area contributed by atoms with E-state index in [9.17, 15) is 35.4 Å². The fraction of sp³-hybridized carbons (Fsp3) is 0.828. The van der Waals surface area contributed by atoms with Crippen molar-refractivity contribution in [2.75, 3.05) is 13.2 Å². The molecule has 0 radical (unpaired) electrons. The maximum absolute atomic E-state index is 13.1. The van der Waals surface area contributed by atoms with Gasteiger partial charge in [0.2, 0.25) is 5.91 Å². The highest BCUT2D eigenvalue weighted by atomic mass is 16.7. The summed E-state index contributed by atoms with van der Waals surface area (Å²) >= 11 is 0. The summed E-state index contributed by atoms with van der Waals surface area (Å²) in [6.07, 6.45) is 62.1. The number of hydrogen-bond acceptors (Lipinski definition) is 9. The number of ether oxygens (including phenoxy) is 2. The summed E-state index contributed by atoms with van der Waals surface area (Å²) < 4.78 is 11.2. The van der Waals surface area contributed by atoms with Crippen LogP contribution in [0.4, 0.5) is 0 Å². The smallest absolute Gasteiger partial charge is 0.249 e. The first-order valence-corrected chi connectivity index (χ1v) is 31.1. The maximum atomic E-state index is 13.1. The molecule has 1 amide bonds. The van der Waals surface area contributed by atoms with Gasteiger partial charge >= 0.3 is 0 Å². The second kappa shape index (κ2) is 52.9. The number of carbonyl (C=O) groups is 1. The minimum atomic E-state index is -1.62. The summed E-state index contributed by atoms with van der Waals surface area (Å²) in [5.41, 5.74) is 0. The summed E-state index contributed by atoms with van der Waals surface area (Å²) in [5.74, 6) is -0.629. The molecule has 0 aromatic rings. The van der Waals surface area contributed by atoms with Gasteiger partial charge < -0.3 is 45.4 Å². The summed E-state index contributed by atoms with van der Waals surface area (Å²) in [7, 11) is 0. The Morgan fingerprint density at radius 2 is 0.838 bits per heavy atom. The van der Waals surface area contributed by atoms with Gasteiger partial charge in [0, 0.05) is 0 Å². The van der Waals surface area contributed by atoms with Gasteiger partial charge in [-0.05, 0) is 77.0 Å². The third kappa shape index (κ3) is 41.0. The number of aliphatic hydroxyl groups excluding tert-OH is 6. The van der Waals surface area contributed by atoms with Crippen LogP contribution >= 0.6 is 0 Å². The summed E-state index contributed by atoms with van der Waals surface area (Å²) in [5, 5.41) is 65.0. The third-order valence-corrected chi connectivity index (χ3v) is 14.7. The van der Waals surface area contributed by atoms with Gasteiger partial charge in [0.1, 0.15) is 30.5 Å². The topological polar surface area (TPSA) is 169 Å². The Kier molecular flexibility index (Phi) is 49.9. The average molecular weight is 1040 g/mol. The largest absolute Gasteiger partial charge is 0.394 e. The summed E-state index contributed by atoms with van der Waals surface area (Å²) in [4.78, 5) is 13.1. The second-order valence-electron chi connectivity index (χ2n) is 21.6. The van der Waals surface area contributed by atoms with Crippen LogP contribution < -0.4 is 5.32 Å². The van der Waals surface area contributed by atoms with E-state index in [0.717, 1.165) is 51.4 Å². The predicted molar refractivity (Wildman–Crippen MR) is 310 cm³/mol. The zero-order valence-corrected chi connectivity index (χ0v) is 47.7. The zero-order chi connectivity index (χ0) is 53.8. The molecule has 74 heavy (non-hydrogen) atoms. The molecule has 432 valence electrons. The van der Waals surface area contributed by atoms with Crippen LogP contribution in [0.2, 0.25) is 0 Å². The lowest BCUT2D eigenvalue weighted by atomic mass is 9.99. The molecule has 1 aliphatic heterocycles. The normalized spacial score (nSPS) is 19.8. The van der Waals surface area contributed by atoms with Crippen molar-refractivity contribution in [2.45, 2.75) is 326 Å². The molecule has 0 saturated carbocycles. The minimum Gasteiger partial charge on any atom is -0.394 e. The van der Waals surface area contributed by atoms with E-state index < -0.39 is 61.5 Å². The molecule has 1 saturated heterocycles. The van der Waals surface area contributed by atoms with E-state index >= 15 is 0 Å². The van der Waals surface area contributed by atoms with Crippen LogP contribution in [-0.4, -0.2) is 98.7 Å². The van der Waals surface area contributed by atoms with Crippen molar-refractivity contribution in [1.82, 2.24) is 5.32 Å². The van der Waals surface area contributed by atoms with E-state index in [4.69, 9.17) is 9.47 Å². The molecule has 1 fully saturated rings. The van der Waals surface area contributed by atoms with Crippen molar-refractivity contribution in [3.8, 4) is 0 Å². The first kappa shape index (κ1) is 69.9. The summed E-state index contributed by atoms with van der Waals surface area (Å²) in [6.45, 7) is 3.59. The number of nitrogens with one attached hydrogen (secondary N) is 1. The highest BCUT2D eigenvalue weighted by Crippen LogP contribution is 2.23. The molecule has 1 aliphatic rings. The van der Waals surface area contributed by atoms with Crippen molar-refractivity contribution >= 4 is 5.91 Å². The Hall–Kier alpha value is -2.15. The number of amides is 1. The van der Waals surface area contributed by atoms with Crippen LogP contribution in [0, 0.1) is 0 Å². The molecule has 1 rings (SSSR count). The lowest BCUT2D eigenvalue weighted by Crippen LogP contribution is -2.60. The lowest BCUT2D eigenvalue weighted by Gasteiger charge is -2.40. The van der Waals surface area contributed by atoms with Gasteiger partial charge in [-0.2, -0.15) is 0 Å². The van der Waals surface area contributed by atoms with Crippen LogP contribution in [0.3, 0.4) is 0 Å². The van der Waals surface area contributed by atoms with E-state index in [0.29, 0.717) is 19.3 Å². The fourth-order valence-electron chi connectivity index (χ4n) is 9.64. The molecule has 0 spiro atoms. The van der Waals surface area contributed by atoms with Crippen LogP contribution in [0.25, 0.3) is 0 Å². The van der Waals surface area contributed by atoms with Crippen molar-refractivity contribution in [2.24, 2.45) is 0 Å². The first-order chi connectivity index (χ1) is 36.3. The van der Waals surface area contributed by atoms with Gasteiger partial charge in [0.25, 0.3) is 0 Å². The Labute approximate surface area is 454 Å². The van der Waals surface area contributed by atoms with Crippen molar-refractivity contribution in [3.63, 3.8) is 0 Å². The van der Waals surface area contributed by atoms with Crippen LogP contribution in [-0.2, 0) is 14.3 Å². The quantitative estimate of drug-likeness (QED) is 0.0232. The molecule has 1 heterocycles. The molecule has 0 aromatic carbocycles. The van der Waals surface area contributed by atoms with E-state index in [1.807, 2.05) is 6.08 Å². The van der Waals surface area contributed by atoms with E-state index in [1.54, 1.807) is 6.08 Å². The molecule has 7 N–H and O–H groups in total. The Morgan fingerprint density at radius 3 is 1.26 bits per heavy atom. The van der Waals surface area contributed by atoms with Crippen LogP contribution in [0.15, 0.2) is 60.8 Å². The first-order valence-electron chi connectivity index (χ1n) is 31.1. The Morgan fingerprint density at radius 1 is 0.473 bits per heavy atom. The number of unbranched alkanes of at least 4 members (excludes halogenated alkanes) is 34. The van der Waals surface area contributed by atoms with Gasteiger partial charge in [0.05, 0.1) is 25.4 Å². The number of rotatable bonds is 53. The monoisotopic (exact) mass is 1040 g/mol. The van der Waals surface area contributed by atoms with E-state index in [-0.39, 0.29) is 6.61 Å². The Bertz CT molecular complexity index is 1370. The van der Waals surface area contributed by atoms with Crippen molar-refractivity contribution in [1.29, 1.82) is 0 Å². The molecule has 10 nitrogen and oxygen atoms in total. The number of hydrogen-bond donors (Lipinski definition) is 7. The number of aliphatic hydroxyl groups is 6. The molecule has 8 atom stereocenters. The third-order valence-electron chi connectivity index (χ3n) is 14.7. The Balaban J connectivity index is 2.16. The maximum Gasteiger partial charge on any atom is 0.249 e. The van der Waals surface area contributed by atoms with Gasteiger partial charge in [-0.1, -0.05) is 261 Å². The summed E-state index contributed by atoms with van der Waals surface area (Å²) in [6, 6.07) is -1.01. The lowest BCUT2D eigenvalue weighted by molar-refractivity contribution is -0.302. The zero-order valence-electron chi connectivity index (χ0n) is 47.7. The van der Waals surface area contributed by atoms with Gasteiger partial charge in [-0.3, -0.25) is 4.79 Å². The van der Waals surface area contributed by atoms with Gasteiger partial charge in [0.15, 0.2) is 6.29 Å². The average Bonchev–Trinajstić information content (AvgIpc) is 3.40. The molecule has 8 unspecified atom stereocenters. The number of carbonyl (C=O) groups excluding carboxylic acids is 1.